The monoisotopic (exact) mass is 321 g/mol. The van der Waals surface area contributed by atoms with E-state index < -0.39 is 0 Å². The highest BCUT2D eigenvalue weighted by Crippen LogP contribution is 2.28. The van der Waals surface area contributed by atoms with Gasteiger partial charge < -0.3 is 19.6 Å². The number of hydrogen-bond donors (Lipinski definition) is 2. The highest BCUT2D eigenvalue weighted by Gasteiger charge is 2.31. The van der Waals surface area contributed by atoms with E-state index in [1.165, 1.54) is 37.1 Å². The third-order valence-corrected chi connectivity index (χ3v) is 4.85. The third-order valence-electron chi connectivity index (χ3n) is 4.85. The van der Waals surface area contributed by atoms with Crippen molar-refractivity contribution in [3.63, 3.8) is 0 Å². The lowest BCUT2D eigenvalue weighted by Gasteiger charge is -2.31. The fourth-order valence-electron chi connectivity index (χ4n) is 3.23. The molecule has 2 heterocycles. The molecular formula is C16H25N4O3+. The summed E-state index contributed by atoms with van der Waals surface area (Å²) in [6.45, 7) is 4.02. The normalized spacial score (nSPS) is 18.6. The Morgan fingerprint density at radius 1 is 1.30 bits per heavy atom. The van der Waals surface area contributed by atoms with Crippen LogP contribution in [0.4, 0.5) is 5.82 Å². The second-order valence-electron chi connectivity index (χ2n) is 6.53. The van der Waals surface area contributed by atoms with Crippen molar-refractivity contribution >= 4 is 17.6 Å². The van der Waals surface area contributed by atoms with Crippen LogP contribution in [-0.2, 0) is 9.59 Å². The molecule has 2 fully saturated rings. The van der Waals surface area contributed by atoms with E-state index in [2.05, 4.69) is 10.5 Å². The highest BCUT2D eigenvalue weighted by atomic mass is 16.5. The smallest absolute Gasteiger partial charge is 0.245 e. The summed E-state index contributed by atoms with van der Waals surface area (Å²) in [5, 5.41) is 6.33. The minimum Gasteiger partial charge on any atom is -0.363 e. The number of quaternary nitrogens is 1. The molecule has 1 aliphatic heterocycles. The molecule has 1 aliphatic carbocycles. The topological polar surface area (TPSA) is 79.9 Å². The Bertz CT molecular complexity index is 521. The Balaban J connectivity index is 1.54. The van der Waals surface area contributed by atoms with Crippen LogP contribution in [0.2, 0.25) is 0 Å². The molecule has 0 spiro atoms. The largest absolute Gasteiger partial charge is 0.363 e. The lowest BCUT2D eigenvalue weighted by atomic mass is 9.84. The molecule has 23 heavy (non-hydrogen) atoms. The van der Waals surface area contributed by atoms with E-state index >= 15 is 0 Å². The van der Waals surface area contributed by atoms with Gasteiger partial charge in [-0.25, -0.2) is 0 Å². The van der Waals surface area contributed by atoms with Crippen molar-refractivity contribution in [2.24, 2.45) is 5.92 Å². The van der Waals surface area contributed by atoms with Gasteiger partial charge >= 0.3 is 0 Å². The molecule has 0 unspecified atom stereocenters. The van der Waals surface area contributed by atoms with Crippen molar-refractivity contribution in [2.75, 3.05) is 38.0 Å². The van der Waals surface area contributed by atoms with Gasteiger partial charge in [0.15, 0.2) is 5.82 Å². The number of rotatable bonds is 7. The molecule has 2 aliphatic rings. The van der Waals surface area contributed by atoms with Crippen LogP contribution in [0.1, 0.15) is 32.1 Å². The molecule has 126 valence electrons. The van der Waals surface area contributed by atoms with Crippen LogP contribution in [0.5, 0.6) is 0 Å². The van der Waals surface area contributed by atoms with Crippen molar-refractivity contribution < 1.29 is 19.0 Å². The van der Waals surface area contributed by atoms with Crippen LogP contribution in [0, 0.1) is 5.92 Å². The highest BCUT2D eigenvalue weighted by molar-refractivity contribution is 5.94. The van der Waals surface area contributed by atoms with E-state index in [4.69, 9.17) is 4.52 Å². The summed E-state index contributed by atoms with van der Waals surface area (Å²) < 4.78 is 4.70. The molecule has 2 amide bonds. The van der Waals surface area contributed by atoms with E-state index in [9.17, 15) is 9.59 Å². The predicted molar refractivity (Wildman–Crippen MR) is 83.9 cm³/mol. The first-order valence-electron chi connectivity index (χ1n) is 8.55. The van der Waals surface area contributed by atoms with Gasteiger partial charge in [-0.2, -0.15) is 0 Å². The van der Waals surface area contributed by atoms with Gasteiger partial charge in [-0.15, -0.1) is 0 Å². The first-order chi connectivity index (χ1) is 11.2. The average Bonchev–Trinajstić information content (AvgIpc) is 3.14. The summed E-state index contributed by atoms with van der Waals surface area (Å²) in [5.74, 6) is 0.410. The lowest BCUT2D eigenvalue weighted by molar-refractivity contribution is -0.886. The summed E-state index contributed by atoms with van der Waals surface area (Å²) in [5.41, 5.74) is 0. The van der Waals surface area contributed by atoms with Crippen molar-refractivity contribution in [2.45, 2.75) is 32.1 Å². The van der Waals surface area contributed by atoms with Crippen LogP contribution in [0.3, 0.4) is 0 Å². The number of amides is 2. The van der Waals surface area contributed by atoms with Gasteiger partial charge in [0.05, 0.1) is 26.2 Å². The van der Waals surface area contributed by atoms with E-state index in [1.54, 1.807) is 11.0 Å². The van der Waals surface area contributed by atoms with E-state index in [0.29, 0.717) is 12.4 Å². The second-order valence-corrected chi connectivity index (χ2v) is 6.53. The van der Waals surface area contributed by atoms with Crippen molar-refractivity contribution in [1.29, 1.82) is 0 Å². The molecule has 7 heteroatoms. The molecule has 0 atom stereocenters. The van der Waals surface area contributed by atoms with Crippen LogP contribution >= 0.6 is 0 Å². The Hall–Kier alpha value is -1.89. The van der Waals surface area contributed by atoms with E-state index in [0.717, 1.165) is 25.8 Å². The van der Waals surface area contributed by atoms with Gasteiger partial charge in [0.1, 0.15) is 12.8 Å². The maximum atomic E-state index is 12.6. The van der Waals surface area contributed by atoms with E-state index in [1.807, 2.05) is 0 Å². The van der Waals surface area contributed by atoms with Gasteiger partial charge in [-0.3, -0.25) is 9.59 Å². The minimum absolute atomic E-state index is 0.0927. The molecule has 3 rings (SSSR count). The molecule has 1 saturated carbocycles. The van der Waals surface area contributed by atoms with Crippen molar-refractivity contribution in [3.05, 3.63) is 12.3 Å². The number of nitrogens with one attached hydrogen (secondary N) is 2. The number of carbonyl (C=O) groups excluding carboxylic acids is 2. The van der Waals surface area contributed by atoms with Crippen LogP contribution in [0.25, 0.3) is 0 Å². The summed E-state index contributed by atoms with van der Waals surface area (Å²) in [7, 11) is 0. The Kier molecular flexibility index (Phi) is 5.27. The number of hydrogen-bond acceptors (Lipinski definition) is 4. The van der Waals surface area contributed by atoms with Gasteiger partial charge in [0.2, 0.25) is 11.8 Å². The maximum Gasteiger partial charge on any atom is 0.245 e. The molecule has 2 N–H and O–H groups in total. The zero-order chi connectivity index (χ0) is 16.1. The van der Waals surface area contributed by atoms with Gasteiger partial charge in [-0.1, -0.05) is 11.6 Å². The maximum absolute atomic E-state index is 12.6. The van der Waals surface area contributed by atoms with Crippen molar-refractivity contribution in [1.82, 2.24) is 10.1 Å². The lowest BCUT2D eigenvalue weighted by Crippen LogP contribution is -3.10. The van der Waals surface area contributed by atoms with Crippen molar-refractivity contribution in [3.8, 4) is 0 Å². The Morgan fingerprint density at radius 3 is 2.70 bits per heavy atom. The molecular weight excluding hydrogens is 296 g/mol. The fourth-order valence-corrected chi connectivity index (χ4v) is 3.23. The molecule has 1 aromatic rings. The van der Waals surface area contributed by atoms with Crippen LogP contribution < -0.4 is 10.2 Å². The number of likely N-dealkylation sites (tertiary alicyclic amines) is 1. The molecule has 0 aromatic carbocycles. The molecule has 0 radical (unpaired) electrons. The molecule has 1 saturated heterocycles. The average molecular weight is 321 g/mol. The summed E-state index contributed by atoms with van der Waals surface area (Å²) in [4.78, 5) is 28.0. The number of aromatic nitrogens is 1. The van der Waals surface area contributed by atoms with Crippen LogP contribution in [0.15, 0.2) is 16.9 Å². The second kappa shape index (κ2) is 7.59. The first-order valence-corrected chi connectivity index (χ1v) is 8.55. The predicted octanol–water partition coefficient (Wildman–Crippen LogP) is -0.0795. The molecule has 1 aromatic heterocycles. The SMILES string of the molecule is O=C(CN(CC[NH+]1CCCC1)C(=O)C1CCC1)Nc1ccon1. The quantitative estimate of drug-likeness (QED) is 0.736. The first kappa shape index (κ1) is 16.0. The number of carbonyl (C=O) groups is 2. The third kappa shape index (κ3) is 4.31. The fraction of sp³-hybridized carbons (Fsp3) is 0.688. The zero-order valence-electron chi connectivity index (χ0n) is 13.4. The van der Waals surface area contributed by atoms with Gasteiger partial charge in [-0.05, 0) is 12.8 Å². The zero-order valence-corrected chi connectivity index (χ0v) is 13.4. The number of nitrogens with zero attached hydrogens (tertiary/aromatic N) is 2. The van der Waals surface area contributed by atoms with Gasteiger partial charge in [0, 0.05) is 24.8 Å². The summed E-state index contributed by atoms with van der Waals surface area (Å²) >= 11 is 0. The Labute approximate surface area is 136 Å². The molecule has 0 bridgehead atoms. The van der Waals surface area contributed by atoms with E-state index in [-0.39, 0.29) is 24.3 Å². The standard InChI is InChI=1S/C16H24N4O3/c21-15(17-14-6-11-23-18-14)12-20(16(22)13-4-3-5-13)10-9-19-7-1-2-8-19/h6,11,13H,1-5,7-10,12H2,(H,17,18,21)/p+1. The summed E-state index contributed by atoms with van der Waals surface area (Å²) in [6, 6.07) is 1.59. The Morgan fingerprint density at radius 2 is 2.09 bits per heavy atom. The van der Waals surface area contributed by atoms with Gasteiger partial charge in [0.25, 0.3) is 0 Å². The summed E-state index contributed by atoms with van der Waals surface area (Å²) in [6.07, 6.45) is 6.96. The molecule has 7 nitrogen and oxygen atoms in total. The number of anilines is 1. The minimum atomic E-state index is -0.219. The van der Waals surface area contributed by atoms with Crippen LogP contribution in [-0.4, -0.2) is 54.6 Å².